The summed E-state index contributed by atoms with van der Waals surface area (Å²) in [5, 5.41) is 0.832. The third-order valence-electron chi connectivity index (χ3n) is 7.45. The molecular formula is C28H28FN7O2. The Morgan fingerprint density at radius 3 is 2.53 bits per heavy atom. The summed E-state index contributed by atoms with van der Waals surface area (Å²) < 4.78 is 29.1. The lowest BCUT2D eigenvalue weighted by molar-refractivity contribution is 0.129. The minimum Gasteiger partial charge on any atom is -0.496 e. The van der Waals surface area contributed by atoms with Gasteiger partial charge in [0, 0.05) is 66.3 Å². The number of nitrogens with zero attached hydrogens (tertiary/aromatic N) is 6. The van der Waals surface area contributed by atoms with Crippen LogP contribution in [0.3, 0.4) is 0 Å². The molecule has 1 aliphatic rings. The SMILES string of the molecule is COc1cc(Oc2ncccn2)ccc1-c1cc2c(cc1F)ncc1ncn(C3(C)CCN(CN)CC3)c12. The smallest absolute Gasteiger partial charge is 0.321 e. The summed E-state index contributed by atoms with van der Waals surface area (Å²) >= 11 is 0. The number of imidazole rings is 1. The van der Waals surface area contributed by atoms with Gasteiger partial charge in [0.25, 0.3) is 0 Å². The van der Waals surface area contributed by atoms with Crippen molar-refractivity contribution in [2.45, 2.75) is 25.3 Å². The van der Waals surface area contributed by atoms with Crippen LogP contribution in [0.15, 0.2) is 61.3 Å². The van der Waals surface area contributed by atoms with Gasteiger partial charge in [-0.25, -0.2) is 19.3 Å². The molecule has 0 unspecified atom stereocenters. The molecule has 5 aromatic rings. The first kappa shape index (κ1) is 24.2. The highest BCUT2D eigenvalue weighted by atomic mass is 19.1. The second kappa shape index (κ2) is 9.62. The van der Waals surface area contributed by atoms with Crippen molar-refractivity contribution in [1.82, 2.24) is 29.4 Å². The number of likely N-dealkylation sites (tertiary alicyclic amines) is 1. The maximum absolute atomic E-state index is 15.5. The van der Waals surface area contributed by atoms with Crippen molar-refractivity contribution >= 4 is 21.9 Å². The zero-order valence-corrected chi connectivity index (χ0v) is 21.3. The van der Waals surface area contributed by atoms with Crippen LogP contribution in [0.5, 0.6) is 17.5 Å². The van der Waals surface area contributed by atoms with Crippen LogP contribution >= 0.6 is 0 Å². The Bertz CT molecular complexity index is 1610. The standard InChI is InChI=1S/C28H28FN7O2/c1-28(6-10-35(16-30)11-7-28)36-17-34-24-15-33-23-14-22(29)20(13-21(23)26(24)36)19-5-4-18(12-25(19)37-2)38-27-31-8-3-9-32-27/h3-5,8-9,12-15,17H,6-7,10-11,16,30H2,1-2H3. The average Bonchev–Trinajstić information content (AvgIpc) is 3.39. The first-order valence-corrected chi connectivity index (χ1v) is 12.5. The molecule has 3 aromatic heterocycles. The Morgan fingerprint density at radius 1 is 1.00 bits per heavy atom. The summed E-state index contributed by atoms with van der Waals surface area (Å²) in [7, 11) is 1.55. The molecule has 2 aromatic carbocycles. The number of hydrogen-bond acceptors (Lipinski definition) is 8. The first-order valence-electron chi connectivity index (χ1n) is 12.5. The lowest BCUT2D eigenvalue weighted by atomic mass is 9.89. The van der Waals surface area contributed by atoms with Gasteiger partial charge in [0.1, 0.15) is 22.8 Å². The van der Waals surface area contributed by atoms with E-state index in [9.17, 15) is 0 Å². The number of ether oxygens (including phenoxy) is 2. The quantitative estimate of drug-likeness (QED) is 0.348. The lowest BCUT2D eigenvalue weighted by Crippen LogP contribution is -2.45. The third-order valence-corrected chi connectivity index (χ3v) is 7.45. The second-order valence-electron chi connectivity index (χ2n) is 9.75. The van der Waals surface area contributed by atoms with E-state index < -0.39 is 5.82 Å². The molecule has 2 N–H and O–H groups in total. The van der Waals surface area contributed by atoms with Gasteiger partial charge in [-0.05, 0) is 44.0 Å². The number of aromatic nitrogens is 5. The number of rotatable bonds is 6. The summed E-state index contributed by atoms with van der Waals surface area (Å²) in [6, 6.07) is 10.5. The van der Waals surface area contributed by atoms with Crippen LogP contribution in [0.4, 0.5) is 4.39 Å². The largest absolute Gasteiger partial charge is 0.496 e. The van der Waals surface area contributed by atoms with E-state index in [2.05, 4.69) is 36.3 Å². The topological polar surface area (TPSA) is 104 Å². The van der Waals surface area contributed by atoms with Gasteiger partial charge in [0.05, 0.1) is 30.7 Å². The van der Waals surface area contributed by atoms with Crippen LogP contribution in [-0.2, 0) is 5.54 Å². The highest BCUT2D eigenvalue weighted by Gasteiger charge is 2.33. The molecule has 0 aliphatic carbocycles. The zero-order chi connectivity index (χ0) is 26.3. The molecule has 10 heteroatoms. The molecule has 194 valence electrons. The fourth-order valence-corrected chi connectivity index (χ4v) is 5.19. The Morgan fingerprint density at radius 2 is 1.79 bits per heavy atom. The molecule has 0 radical (unpaired) electrons. The molecule has 0 bridgehead atoms. The molecule has 4 heterocycles. The van der Waals surface area contributed by atoms with Crippen molar-refractivity contribution in [2.24, 2.45) is 5.73 Å². The molecule has 38 heavy (non-hydrogen) atoms. The summed E-state index contributed by atoms with van der Waals surface area (Å²) in [5.74, 6) is 0.555. The average molecular weight is 514 g/mol. The predicted octanol–water partition coefficient (Wildman–Crippen LogP) is 4.71. The van der Waals surface area contributed by atoms with E-state index in [1.165, 1.54) is 6.07 Å². The van der Waals surface area contributed by atoms with E-state index >= 15 is 4.39 Å². The fraction of sp³-hybridized carbons (Fsp3) is 0.286. The third kappa shape index (κ3) is 4.21. The summed E-state index contributed by atoms with van der Waals surface area (Å²) in [5.41, 5.74) is 9.02. The fourth-order valence-electron chi connectivity index (χ4n) is 5.19. The Labute approximate surface area is 219 Å². The van der Waals surface area contributed by atoms with Gasteiger partial charge < -0.3 is 19.8 Å². The Balaban J connectivity index is 1.45. The maximum Gasteiger partial charge on any atom is 0.321 e. The highest BCUT2D eigenvalue weighted by molar-refractivity contribution is 6.04. The number of benzene rings is 2. The molecule has 0 atom stereocenters. The number of nitrogens with two attached hydrogens (primary N) is 1. The highest BCUT2D eigenvalue weighted by Crippen LogP contribution is 2.40. The van der Waals surface area contributed by atoms with Gasteiger partial charge in [-0.15, -0.1) is 0 Å². The van der Waals surface area contributed by atoms with Crippen LogP contribution < -0.4 is 15.2 Å². The predicted molar refractivity (Wildman–Crippen MR) is 143 cm³/mol. The molecule has 1 fully saturated rings. The molecule has 0 saturated carbocycles. The Kier molecular flexibility index (Phi) is 6.13. The van der Waals surface area contributed by atoms with Crippen LogP contribution in [0.1, 0.15) is 19.8 Å². The zero-order valence-electron chi connectivity index (χ0n) is 21.3. The van der Waals surface area contributed by atoms with Gasteiger partial charge in [0.2, 0.25) is 0 Å². The van der Waals surface area contributed by atoms with Gasteiger partial charge in [0.15, 0.2) is 0 Å². The van der Waals surface area contributed by atoms with Gasteiger partial charge in [-0.3, -0.25) is 9.88 Å². The molecule has 1 aliphatic heterocycles. The van der Waals surface area contributed by atoms with Gasteiger partial charge in [-0.1, -0.05) is 0 Å². The van der Waals surface area contributed by atoms with Crippen LogP contribution in [-0.4, -0.2) is 56.3 Å². The minimum absolute atomic E-state index is 0.139. The summed E-state index contributed by atoms with van der Waals surface area (Å²) in [4.78, 5) is 19.6. The van der Waals surface area contributed by atoms with Crippen molar-refractivity contribution < 1.29 is 13.9 Å². The summed E-state index contributed by atoms with van der Waals surface area (Å²) in [6.45, 7) is 4.63. The second-order valence-corrected chi connectivity index (χ2v) is 9.75. The monoisotopic (exact) mass is 513 g/mol. The van der Waals surface area contributed by atoms with E-state index in [4.69, 9.17) is 15.2 Å². The molecule has 0 spiro atoms. The van der Waals surface area contributed by atoms with Gasteiger partial charge >= 0.3 is 6.01 Å². The van der Waals surface area contributed by atoms with Gasteiger partial charge in [-0.2, -0.15) is 0 Å². The number of halogens is 1. The number of methoxy groups -OCH3 is 1. The van der Waals surface area contributed by atoms with Crippen molar-refractivity contribution in [3.05, 3.63) is 67.1 Å². The Hall–Kier alpha value is -4.15. The van der Waals surface area contributed by atoms with E-state index in [1.54, 1.807) is 50.0 Å². The molecule has 9 nitrogen and oxygen atoms in total. The maximum atomic E-state index is 15.5. The van der Waals surface area contributed by atoms with Crippen molar-refractivity contribution in [3.8, 4) is 28.6 Å². The van der Waals surface area contributed by atoms with Crippen molar-refractivity contribution in [3.63, 3.8) is 0 Å². The van der Waals surface area contributed by atoms with E-state index in [-0.39, 0.29) is 11.5 Å². The number of piperidine rings is 1. The van der Waals surface area contributed by atoms with Crippen molar-refractivity contribution in [1.29, 1.82) is 0 Å². The minimum atomic E-state index is -0.392. The molecule has 1 saturated heterocycles. The van der Waals surface area contributed by atoms with Crippen molar-refractivity contribution in [2.75, 3.05) is 26.9 Å². The summed E-state index contributed by atoms with van der Waals surface area (Å²) in [6.07, 6.45) is 8.66. The van der Waals surface area contributed by atoms with E-state index in [0.29, 0.717) is 34.8 Å². The normalized spacial score (nSPS) is 15.7. The number of pyridine rings is 1. The lowest BCUT2D eigenvalue weighted by Gasteiger charge is -2.40. The number of hydrogen-bond donors (Lipinski definition) is 1. The molecule has 0 amide bonds. The van der Waals surface area contributed by atoms with E-state index in [1.807, 2.05) is 12.4 Å². The van der Waals surface area contributed by atoms with Crippen LogP contribution in [0.25, 0.3) is 33.1 Å². The van der Waals surface area contributed by atoms with Crippen LogP contribution in [0, 0.1) is 5.82 Å². The molecular weight excluding hydrogens is 485 g/mol. The molecule has 6 rings (SSSR count). The van der Waals surface area contributed by atoms with Crippen LogP contribution in [0.2, 0.25) is 0 Å². The first-order chi connectivity index (χ1) is 18.5. The number of fused-ring (bicyclic) bond motifs is 3. The van der Waals surface area contributed by atoms with E-state index in [0.717, 1.165) is 42.4 Å².